The molecule has 4 N–H and O–H groups in total. The molecule has 1 amide bonds. The van der Waals surface area contributed by atoms with Crippen LogP contribution in [-0.4, -0.2) is 68.2 Å². The van der Waals surface area contributed by atoms with Crippen molar-refractivity contribution in [3.63, 3.8) is 0 Å². The Bertz CT molecular complexity index is 664. The van der Waals surface area contributed by atoms with E-state index in [9.17, 15) is 28.3 Å². The van der Waals surface area contributed by atoms with Crippen LogP contribution in [0.4, 0.5) is 19.4 Å². The highest BCUT2D eigenvalue weighted by molar-refractivity contribution is 5.87. The lowest BCUT2D eigenvalue weighted by atomic mass is 10.1. The van der Waals surface area contributed by atoms with E-state index in [4.69, 9.17) is 10.2 Å². The van der Waals surface area contributed by atoms with E-state index in [1.807, 2.05) is 5.32 Å². The molecule has 0 fully saturated rings. The molecular formula is C12H15F2N3O7. The fraction of sp³-hybridized carbons (Fsp3) is 0.500. The normalized spacial score (nSPS) is 13.9. The molecule has 0 bridgehead atoms. The minimum atomic E-state index is -4.57. The number of ether oxygens (including phenoxy) is 1. The van der Waals surface area contributed by atoms with Crippen LogP contribution in [-0.2, 0) is 4.74 Å². The zero-order valence-corrected chi connectivity index (χ0v) is 12.3. The van der Waals surface area contributed by atoms with Gasteiger partial charge in [0.25, 0.3) is 0 Å². The second kappa shape index (κ2) is 7.90. The zero-order valence-electron chi connectivity index (χ0n) is 12.3. The molecule has 1 aromatic rings. The quantitative estimate of drug-likeness (QED) is 0.499. The number of hydrogen-bond donors (Lipinski definition) is 4. The summed E-state index contributed by atoms with van der Waals surface area (Å²) in [6, 6.07) is 0.876. The van der Waals surface area contributed by atoms with Crippen molar-refractivity contribution in [3.8, 4) is 0 Å². The number of nitrogens with one attached hydrogen (secondary N) is 1. The van der Waals surface area contributed by atoms with Crippen molar-refractivity contribution in [1.82, 2.24) is 9.55 Å². The van der Waals surface area contributed by atoms with Crippen LogP contribution in [0, 0.1) is 0 Å². The number of amides is 1. The Kier molecular flexibility index (Phi) is 6.45. The molecule has 0 aliphatic heterocycles. The number of anilines is 1. The summed E-state index contributed by atoms with van der Waals surface area (Å²) in [6.45, 7) is 0.343. The Balaban J connectivity index is 3.04. The highest BCUT2D eigenvalue weighted by Gasteiger charge is 2.50. The third-order valence-electron chi connectivity index (χ3n) is 2.74. The van der Waals surface area contributed by atoms with Gasteiger partial charge in [0, 0.05) is 6.20 Å². The van der Waals surface area contributed by atoms with Gasteiger partial charge in [0.2, 0.25) is 0 Å². The van der Waals surface area contributed by atoms with Crippen LogP contribution < -0.4 is 11.0 Å². The van der Waals surface area contributed by atoms with Crippen molar-refractivity contribution in [2.24, 2.45) is 0 Å². The molecule has 0 saturated carbocycles. The molecule has 1 heterocycles. The maximum Gasteiger partial charge on any atom is 0.412 e. The summed E-state index contributed by atoms with van der Waals surface area (Å²) < 4.78 is 32.0. The second-order valence-electron chi connectivity index (χ2n) is 4.43. The first-order valence-electron chi connectivity index (χ1n) is 6.58. The van der Waals surface area contributed by atoms with Crippen LogP contribution in [0.15, 0.2) is 17.1 Å². The first-order chi connectivity index (χ1) is 11.1. The largest absolute Gasteiger partial charge is 0.450 e. The van der Waals surface area contributed by atoms with Gasteiger partial charge in [0.15, 0.2) is 6.10 Å². The van der Waals surface area contributed by atoms with Gasteiger partial charge in [-0.1, -0.05) is 0 Å². The van der Waals surface area contributed by atoms with E-state index in [1.54, 1.807) is 0 Å². The molecule has 0 aliphatic carbocycles. The van der Waals surface area contributed by atoms with Crippen molar-refractivity contribution in [1.29, 1.82) is 0 Å². The summed E-state index contributed by atoms with van der Waals surface area (Å²) >= 11 is 0. The Morgan fingerprint density at radius 2 is 2.08 bits per heavy atom. The molecule has 12 heteroatoms. The lowest BCUT2D eigenvalue weighted by molar-refractivity contribution is -0.136. The molecule has 0 radical (unpaired) electrons. The Morgan fingerprint density at radius 3 is 2.58 bits per heavy atom. The van der Waals surface area contributed by atoms with Gasteiger partial charge in [-0.2, -0.15) is 13.8 Å². The van der Waals surface area contributed by atoms with Crippen molar-refractivity contribution in [3.05, 3.63) is 22.7 Å². The summed E-state index contributed by atoms with van der Waals surface area (Å²) in [5.41, 5.74) is -1.46. The zero-order chi connectivity index (χ0) is 18.5. The summed E-state index contributed by atoms with van der Waals surface area (Å²) in [7, 11) is 0. The summed E-state index contributed by atoms with van der Waals surface area (Å²) in [4.78, 5) is 37.7. The third-order valence-corrected chi connectivity index (χ3v) is 2.74. The summed E-state index contributed by atoms with van der Waals surface area (Å²) in [5, 5.41) is 28.8. The number of rotatable bonds is 6. The molecule has 0 spiro atoms. The number of aliphatic hydroxyl groups is 3. The smallest absolute Gasteiger partial charge is 0.412 e. The minimum Gasteiger partial charge on any atom is -0.450 e. The fourth-order valence-electron chi connectivity index (χ4n) is 1.53. The number of alkyl halides is 2. The van der Waals surface area contributed by atoms with E-state index in [0.29, 0.717) is 6.20 Å². The van der Waals surface area contributed by atoms with Gasteiger partial charge < -0.3 is 20.1 Å². The molecule has 0 aliphatic rings. The maximum atomic E-state index is 13.8. The highest BCUT2D eigenvalue weighted by Crippen LogP contribution is 2.23. The molecule has 24 heavy (non-hydrogen) atoms. The van der Waals surface area contributed by atoms with Gasteiger partial charge in [-0.3, -0.25) is 10.1 Å². The molecule has 0 aromatic carbocycles. The molecule has 1 aromatic heterocycles. The number of nitrogens with zero attached hydrogens (tertiary/aromatic N) is 2. The van der Waals surface area contributed by atoms with Gasteiger partial charge in [-0.05, 0) is 13.0 Å². The molecule has 0 unspecified atom stereocenters. The first kappa shape index (κ1) is 19.6. The monoisotopic (exact) mass is 351 g/mol. The predicted molar refractivity (Wildman–Crippen MR) is 73.8 cm³/mol. The van der Waals surface area contributed by atoms with Crippen LogP contribution in [0.25, 0.3) is 0 Å². The Morgan fingerprint density at radius 1 is 1.46 bits per heavy atom. The number of aromatic nitrogens is 2. The van der Waals surface area contributed by atoms with Crippen molar-refractivity contribution in [2.75, 3.05) is 18.5 Å². The average molecular weight is 351 g/mol. The minimum absolute atomic E-state index is 0.0404. The van der Waals surface area contributed by atoms with E-state index in [1.165, 1.54) is 6.92 Å². The molecule has 134 valence electrons. The number of carbonyl (C=O) groups is 2. The number of aliphatic hydroxyl groups excluding tert-OH is 3. The van der Waals surface area contributed by atoms with Crippen LogP contribution in [0.3, 0.4) is 0 Å². The van der Waals surface area contributed by atoms with E-state index in [2.05, 4.69) is 9.72 Å². The van der Waals surface area contributed by atoms with Crippen LogP contribution >= 0.6 is 0 Å². The topological polar surface area (TPSA) is 151 Å². The van der Waals surface area contributed by atoms with Crippen LogP contribution in [0.5, 0.6) is 0 Å². The van der Waals surface area contributed by atoms with Gasteiger partial charge in [-0.25, -0.2) is 14.2 Å². The van der Waals surface area contributed by atoms with Crippen molar-refractivity contribution >= 4 is 17.8 Å². The van der Waals surface area contributed by atoms with Crippen LogP contribution in [0.1, 0.15) is 11.7 Å². The maximum absolute atomic E-state index is 13.8. The SMILES string of the molecule is CCOC(=O)Nc1ccn(C(=O)C(F)(F)[C@H](O)[C@H](O)CO)c(=O)n1. The molecule has 1 rings (SSSR count). The number of hydrogen-bond acceptors (Lipinski definition) is 8. The van der Waals surface area contributed by atoms with E-state index >= 15 is 0 Å². The average Bonchev–Trinajstić information content (AvgIpc) is 2.53. The summed E-state index contributed by atoms with van der Waals surface area (Å²) in [5.74, 6) is -7.08. The van der Waals surface area contributed by atoms with Crippen molar-refractivity contribution < 1.29 is 38.4 Å². The van der Waals surface area contributed by atoms with E-state index in [0.717, 1.165) is 6.07 Å². The molecule has 0 saturated heterocycles. The van der Waals surface area contributed by atoms with Gasteiger partial charge >= 0.3 is 23.6 Å². The van der Waals surface area contributed by atoms with Crippen molar-refractivity contribution in [2.45, 2.75) is 25.1 Å². The Hall–Kier alpha value is -2.44. The lowest BCUT2D eigenvalue weighted by Gasteiger charge is -2.24. The van der Waals surface area contributed by atoms with Gasteiger partial charge in [-0.15, -0.1) is 0 Å². The predicted octanol–water partition coefficient (Wildman–Crippen LogP) is -1.20. The van der Waals surface area contributed by atoms with E-state index in [-0.39, 0.29) is 17.0 Å². The second-order valence-corrected chi connectivity index (χ2v) is 4.43. The molecule has 10 nitrogen and oxygen atoms in total. The summed E-state index contributed by atoms with van der Waals surface area (Å²) in [6.07, 6.45) is -5.57. The van der Waals surface area contributed by atoms with Crippen LogP contribution in [0.2, 0.25) is 0 Å². The van der Waals surface area contributed by atoms with Gasteiger partial charge in [0.1, 0.15) is 11.9 Å². The third kappa shape index (κ3) is 4.31. The lowest BCUT2D eigenvalue weighted by Crippen LogP contribution is -2.53. The number of carbonyl (C=O) groups excluding carboxylic acids is 2. The fourth-order valence-corrected chi connectivity index (χ4v) is 1.53. The number of halogens is 2. The Labute approximate surface area is 133 Å². The first-order valence-corrected chi connectivity index (χ1v) is 6.58. The standard InChI is InChI=1S/C12H15F2N3O7/c1-2-24-11(23)16-7-3-4-17(10(22)15-7)9(21)12(13,14)8(20)6(19)5-18/h3-4,6,8,18-20H,2,5H2,1H3,(H,15,16,22,23)/t6-,8-/m1/s1. The highest BCUT2D eigenvalue weighted by atomic mass is 19.3. The molecular weight excluding hydrogens is 336 g/mol. The van der Waals surface area contributed by atoms with E-state index < -0.39 is 42.4 Å². The van der Waals surface area contributed by atoms with Gasteiger partial charge in [0.05, 0.1) is 13.2 Å². The molecule has 2 atom stereocenters.